The zero-order chi connectivity index (χ0) is 18.4. The van der Waals surface area contributed by atoms with Gasteiger partial charge >= 0.3 is 0 Å². The van der Waals surface area contributed by atoms with E-state index in [0.29, 0.717) is 5.56 Å². The summed E-state index contributed by atoms with van der Waals surface area (Å²) in [6, 6.07) is 9.39. The molecule has 1 amide bonds. The summed E-state index contributed by atoms with van der Waals surface area (Å²) < 4.78 is 0. The molecule has 9 nitrogen and oxygen atoms in total. The van der Waals surface area contributed by atoms with Crippen molar-refractivity contribution >= 4 is 35.1 Å². The average molecular weight is 363 g/mol. The monoisotopic (exact) mass is 362 g/mol. The van der Waals surface area contributed by atoms with Crippen LogP contribution in [0.5, 0.6) is 0 Å². The van der Waals surface area contributed by atoms with Crippen LogP contribution in [-0.4, -0.2) is 22.0 Å². The van der Waals surface area contributed by atoms with Gasteiger partial charge in [0.05, 0.1) is 22.5 Å². The number of benzene rings is 2. The van der Waals surface area contributed by atoms with Crippen molar-refractivity contribution in [1.82, 2.24) is 5.43 Å². The molecule has 0 spiro atoms. The fourth-order valence-corrected chi connectivity index (χ4v) is 2.04. The molecule has 0 saturated carbocycles. The highest BCUT2D eigenvalue weighted by molar-refractivity contribution is 6.33. The maximum atomic E-state index is 11.8. The molecule has 0 bridgehead atoms. The van der Waals surface area contributed by atoms with Crippen LogP contribution in [-0.2, 0) is 11.2 Å². The molecule has 0 fully saturated rings. The first-order valence-corrected chi connectivity index (χ1v) is 7.24. The lowest BCUT2D eigenvalue weighted by molar-refractivity contribution is -0.385. The van der Waals surface area contributed by atoms with Gasteiger partial charge in [0.25, 0.3) is 11.4 Å². The molecular formula is C15H11ClN4O5. The van der Waals surface area contributed by atoms with Gasteiger partial charge in [0.15, 0.2) is 0 Å². The number of nitrogens with zero attached hydrogens (tertiary/aromatic N) is 3. The molecule has 0 heterocycles. The van der Waals surface area contributed by atoms with Crippen LogP contribution in [0.1, 0.15) is 11.1 Å². The third-order valence-electron chi connectivity index (χ3n) is 3.10. The lowest BCUT2D eigenvalue weighted by Crippen LogP contribution is -2.19. The van der Waals surface area contributed by atoms with E-state index in [0.717, 1.165) is 0 Å². The lowest BCUT2D eigenvalue weighted by atomic mass is 10.1. The Bertz CT molecular complexity index is 852. The first kappa shape index (κ1) is 18.0. The van der Waals surface area contributed by atoms with E-state index in [2.05, 4.69) is 10.5 Å². The van der Waals surface area contributed by atoms with Crippen molar-refractivity contribution in [2.24, 2.45) is 5.10 Å². The van der Waals surface area contributed by atoms with E-state index in [9.17, 15) is 25.0 Å². The summed E-state index contributed by atoms with van der Waals surface area (Å²) in [4.78, 5) is 32.0. The predicted molar refractivity (Wildman–Crippen MR) is 90.6 cm³/mol. The fraction of sp³-hybridized carbons (Fsp3) is 0.0667. The topological polar surface area (TPSA) is 128 Å². The summed E-state index contributed by atoms with van der Waals surface area (Å²) >= 11 is 5.90. The summed E-state index contributed by atoms with van der Waals surface area (Å²) in [5.41, 5.74) is 2.90. The predicted octanol–water partition coefficient (Wildman–Crippen LogP) is 2.85. The number of hydrogen-bond donors (Lipinski definition) is 1. The van der Waals surface area contributed by atoms with Crippen LogP contribution in [0.15, 0.2) is 47.6 Å². The van der Waals surface area contributed by atoms with Crippen molar-refractivity contribution in [2.75, 3.05) is 0 Å². The van der Waals surface area contributed by atoms with E-state index < -0.39 is 15.8 Å². The number of rotatable bonds is 6. The van der Waals surface area contributed by atoms with Crippen molar-refractivity contribution in [3.05, 3.63) is 78.8 Å². The number of nitro benzene ring substituents is 2. The van der Waals surface area contributed by atoms with E-state index in [-0.39, 0.29) is 28.4 Å². The van der Waals surface area contributed by atoms with Crippen LogP contribution in [0.2, 0.25) is 5.02 Å². The molecule has 0 aliphatic rings. The number of carbonyl (C=O) groups is 1. The van der Waals surface area contributed by atoms with Crippen LogP contribution in [0.3, 0.4) is 0 Å². The Hall–Kier alpha value is -3.33. The molecule has 0 radical (unpaired) electrons. The summed E-state index contributed by atoms with van der Waals surface area (Å²) in [5, 5.41) is 25.2. The highest BCUT2D eigenvalue weighted by Crippen LogP contribution is 2.20. The first-order chi connectivity index (χ1) is 11.9. The van der Waals surface area contributed by atoms with E-state index in [1.807, 2.05) is 0 Å². The SMILES string of the molecule is O=C(Cc1ccc([N+](=O)[O-])cc1)N/N=C\c1cc([N+](=O)[O-])ccc1Cl. The smallest absolute Gasteiger partial charge is 0.270 e. The number of amides is 1. The van der Waals surface area contributed by atoms with Gasteiger partial charge in [-0.3, -0.25) is 25.0 Å². The van der Waals surface area contributed by atoms with Gasteiger partial charge in [-0.15, -0.1) is 0 Å². The number of nitrogens with one attached hydrogen (secondary N) is 1. The molecule has 2 rings (SSSR count). The number of hydrazone groups is 1. The van der Waals surface area contributed by atoms with Crippen molar-refractivity contribution in [1.29, 1.82) is 0 Å². The average Bonchev–Trinajstić information content (AvgIpc) is 2.56. The Morgan fingerprint density at radius 2 is 1.68 bits per heavy atom. The minimum absolute atomic E-state index is 0.0298. The molecule has 10 heteroatoms. The van der Waals surface area contributed by atoms with E-state index in [1.54, 1.807) is 0 Å². The molecular weight excluding hydrogens is 352 g/mol. The molecule has 2 aromatic carbocycles. The summed E-state index contributed by atoms with van der Waals surface area (Å²) in [5.74, 6) is -0.452. The van der Waals surface area contributed by atoms with Gasteiger partial charge in [0.2, 0.25) is 5.91 Å². The zero-order valence-electron chi connectivity index (χ0n) is 12.6. The maximum absolute atomic E-state index is 11.8. The second-order valence-electron chi connectivity index (χ2n) is 4.86. The minimum Gasteiger partial charge on any atom is -0.273 e. The summed E-state index contributed by atoms with van der Waals surface area (Å²) in [6.45, 7) is 0. The van der Waals surface area contributed by atoms with E-state index in [1.165, 1.54) is 48.7 Å². The minimum atomic E-state index is -0.569. The molecule has 2 aromatic rings. The number of halogens is 1. The first-order valence-electron chi connectivity index (χ1n) is 6.86. The van der Waals surface area contributed by atoms with Gasteiger partial charge in [-0.25, -0.2) is 5.43 Å². The number of hydrogen-bond acceptors (Lipinski definition) is 6. The normalized spacial score (nSPS) is 10.6. The highest BCUT2D eigenvalue weighted by Gasteiger charge is 2.09. The lowest BCUT2D eigenvalue weighted by Gasteiger charge is -2.01. The summed E-state index contributed by atoms with van der Waals surface area (Å²) in [6.07, 6.45) is 1.17. The standard InChI is InChI=1S/C15H11ClN4O5/c16-14-6-5-13(20(24)25)8-11(14)9-17-18-15(21)7-10-1-3-12(4-2-10)19(22)23/h1-6,8-9H,7H2,(H,18,21)/b17-9-. The number of nitro groups is 2. The van der Waals surface area contributed by atoms with Gasteiger partial charge < -0.3 is 0 Å². The third kappa shape index (κ3) is 5.08. The van der Waals surface area contributed by atoms with Crippen molar-refractivity contribution in [3.63, 3.8) is 0 Å². The van der Waals surface area contributed by atoms with Gasteiger partial charge in [-0.1, -0.05) is 23.7 Å². The molecule has 0 aliphatic heterocycles. The third-order valence-corrected chi connectivity index (χ3v) is 3.44. The zero-order valence-corrected chi connectivity index (χ0v) is 13.3. The molecule has 1 N–H and O–H groups in total. The molecule has 0 unspecified atom stereocenters. The Kier molecular flexibility index (Phi) is 5.75. The van der Waals surface area contributed by atoms with Gasteiger partial charge in [-0.05, 0) is 11.6 Å². The van der Waals surface area contributed by atoms with Crippen molar-refractivity contribution in [2.45, 2.75) is 6.42 Å². The quantitative estimate of drug-likeness (QED) is 0.480. The molecule has 25 heavy (non-hydrogen) atoms. The van der Waals surface area contributed by atoms with Crippen LogP contribution in [0.25, 0.3) is 0 Å². The largest absolute Gasteiger partial charge is 0.273 e. The molecule has 0 atom stereocenters. The Morgan fingerprint density at radius 1 is 1.08 bits per heavy atom. The maximum Gasteiger partial charge on any atom is 0.270 e. The molecule has 0 aromatic heterocycles. The molecule has 0 aliphatic carbocycles. The van der Waals surface area contributed by atoms with Crippen molar-refractivity contribution in [3.8, 4) is 0 Å². The second-order valence-corrected chi connectivity index (χ2v) is 5.26. The van der Waals surface area contributed by atoms with Crippen LogP contribution >= 0.6 is 11.6 Å². The fourth-order valence-electron chi connectivity index (χ4n) is 1.88. The van der Waals surface area contributed by atoms with Crippen LogP contribution in [0.4, 0.5) is 11.4 Å². The highest BCUT2D eigenvalue weighted by atomic mass is 35.5. The Labute approximate surface area is 146 Å². The van der Waals surface area contributed by atoms with Crippen LogP contribution in [0, 0.1) is 20.2 Å². The Morgan fingerprint density at radius 3 is 2.28 bits per heavy atom. The van der Waals surface area contributed by atoms with Gasteiger partial charge in [0, 0.05) is 34.9 Å². The molecule has 0 saturated heterocycles. The molecule has 128 valence electrons. The summed E-state index contributed by atoms with van der Waals surface area (Å²) in [7, 11) is 0. The van der Waals surface area contributed by atoms with E-state index in [4.69, 9.17) is 11.6 Å². The van der Waals surface area contributed by atoms with Gasteiger partial charge in [0.1, 0.15) is 0 Å². The Balaban J connectivity index is 1.97. The van der Waals surface area contributed by atoms with Crippen molar-refractivity contribution < 1.29 is 14.6 Å². The van der Waals surface area contributed by atoms with Crippen LogP contribution < -0.4 is 5.43 Å². The number of non-ortho nitro benzene ring substituents is 2. The van der Waals surface area contributed by atoms with Gasteiger partial charge in [-0.2, -0.15) is 5.10 Å². The second kappa shape index (κ2) is 7.97. The number of carbonyl (C=O) groups excluding carboxylic acids is 1. The van der Waals surface area contributed by atoms with E-state index >= 15 is 0 Å².